The molecule has 2 atom stereocenters. The molecule has 0 bridgehead atoms. The van der Waals surface area contributed by atoms with Crippen LogP contribution in [0.5, 0.6) is 0 Å². The lowest BCUT2D eigenvalue weighted by Gasteiger charge is -2.41. The molecule has 2 rings (SSSR count). The second-order valence-electron chi connectivity index (χ2n) is 6.33. The first-order valence-electron chi connectivity index (χ1n) is 6.72. The van der Waals surface area contributed by atoms with E-state index in [9.17, 15) is 9.59 Å². The molecule has 2 unspecified atom stereocenters. The first kappa shape index (κ1) is 15.0. The first-order chi connectivity index (χ1) is 9.20. The van der Waals surface area contributed by atoms with E-state index in [4.69, 9.17) is 0 Å². The number of carbonyl (C=O) groups excluding carboxylic acids is 2. The Labute approximate surface area is 123 Å². The van der Waals surface area contributed by atoms with Crippen molar-refractivity contribution >= 4 is 23.2 Å². The average molecular weight is 295 g/mol. The van der Waals surface area contributed by atoms with Crippen molar-refractivity contribution in [2.75, 3.05) is 0 Å². The fourth-order valence-electron chi connectivity index (χ4n) is 2.25. The van der Waals surface area contributed by atoms with Crippen LogP contribution in [0.4, 0.5) is 0 Å². The molecular weight excluding hydrogens is 274 g/mol. The summed E-state index contributed by atoms with van der Waals surface area (Å²) in [5.41, 5.74) is 0.642. The summed E-state index contributed by atoms with van der Waals surface area (Å²) in [4.78, 5) is 30.7. The Hall–Kier alpha value is -1.43. The summed E-state index contributed by atoms with van der Waals surface area (Å²) >= 11 is 1.52. The molecule has 6 heteroatoms. The summed E-state index contributed by atoms with van der Waals surface area (Å²) in [6.07, 6.45) is 0. The van der Waals surface area contributed by atoms with Crippen molar-refractivity contribution in [2.24, 2.45) is 5.41 Å². The van der Waals surface area contributed by atoms with Gasteiger partial charge in [0.05, 0.1) is 6.54 Å². The number of carbonyl (C=O) groups is 2. The Morgan fingerprint density at radius 2 is 2.05 bits per heavy atom. The van der Waals surface area contributed by atoms with Gasteiger partial charge in [-0.05, 0) is 19.3 Å². The highest BCUT2D eigenvalue weighted by Gasteiger charge is 2.43. The van der Waals surface area contributed by atoms with E-state index >= 15 is 0 Å². The van der Waals surface area contributed by atoms with E-state index < -0.39 is 12.1 Å². The molecule has 2 amide bonds. The van der Waals surface area contributed by atoms with Crippen molar-refractivity contribution in [2.45, 2.75) is 53.2 Å². The molecule has 0 aliphatic carbocycles. The van der Waals surface area contributed by atoms with Gasteiger partial charge in [0, 0.05) is 11.1 Å². The Balaban J connectivity index is 2.24. The number of aromatic nitrogens is 1. The Kier molecular flexibility index (Phi) is 3.86. The Morgan fingerprint density at radius 3 is 2.55 bits per heavy atom. The third-order valence-electron chi connectivity index (χ3n) is 3.50. The molecule has 1 fully saturated rings. The summed E-state index contributed by atoms with van der Waals surface area (Å²) < 4.78 is 0. The molecule has 0 aromatic carbocycles. The topological polar surface area (TPSA) is 62.3 Å². The van der Waals surface area contributed by atoms with E-state index in [-0.39, 0.29) is 17.2 Å². The summed E-state index contributed by atoms with van der Waals surface area (Å²) in [6.45, 7) is 9.95. The van der Waals surface area contributed by atoms with Crippen LogP contribution in [0.2, 0.25) is 0 Å². The minimum atomic E-state index is -0.479. The molecule has 20 heavy (non-hydrogen) atoms. The van der Waals surface area contributed by atoms with Crippen molar-refractivity contribution in [3.05, 3.63) is 16.1 Å². The highest BCUT2D eigenvalue weighted by molar-refractivity contribution is 7.09. The summed E-state index contributed by atoms with van der Waals surface area (Å²) in [5, 5.41) is 5.65. The molecule has 0 spiro atoms. The van der Waals surface area contributed by atoms with Crippen molar-refractivity contribution in [1.29, 1.82) is 0 Å². The summed E-state index contributed by atoms with van der Waals surface area (Å²) in [5.74, 6) is -0.129. The summed E-state index contributed by atoms with van der Waals surface area (Å²) in [7, 11) is 0. The number of nitrogens with one attached hydrogen (secondary N) is 1. The van der Waals surface area contributed by atoms with Crippen LogP contribution in [0.3, 0.4) is 0 Å². The normalized spacial score (nSPS) is 23.9. The van der Waals surface area contributed by atoms with Gasteiger partial charge in [-0.25, -0.2) is 4.98 Å². The Bertz CT molecular complexity index is 533. The SMILES string of the molecule is Cc1csc(CN2C(=O)C(C(C)(C)C)NC(=O)C2C)n1. The first-order valence-corrected chi connectivity index (χ1v) is 7.60. The quantitative estimate of drug-likeness (QED) is 0.903. The van der Waals surface area contributed by atoms with Gasteiger partial charge in [-0.2, -0.15) is 0 Å². The summed E-state index contributed by atoms with van der Waals surface area (Å²) in [6, 6.07) is -0.933. The number of rotatable bonds is 2. The second kappa shape index (κ2) is 5.16. The number of amides is 2. The van der Waals surface area contributed by atoms with Crippen molar-refractivity contribution in [3.8, 4) is 0 Å². The van der Waals surface area contributed by atoms with Gasteiger partial charge in [-0.1, -0.05) is 20.8 Å². The molecule has 1 aromatic rings. The van der Waals surface area contributed by atoms with Gasteiger partial charge in [0.15, 0.2) is 0 Å². The number of nitrogens with zero attached hydrogens (tertiary/aromatic N) is 2. The lowest BCUT2D eigenvalue weighted by Crippen LogP contribution is -2.65. The van der Waals surface area contributed by atoms with Crippen LogP contribution in [-0.4, -0.2) is 33.8 Å². The van der Waals surface area contributed by atoms with E-state index in [0.29, 0.717) is 6.54 Å². The number of aryl methyl sites for hydroxylation is 1. The fraction of sp³-hybridized carbons (Fsp3) is 0.643. The monoisotopic (exact) mass is 295 g/mol. The maximum absolute atomic E-state index is 12.6. The van der Waals surface area contributed by atoms with E-state index in [1.807, 2.05) is 33.1 Å². The van der Waals surface area contributed by atoms with E-state index in [1.165, 1.54) is 11.3 Å². The van der Waals surface area contributed by atoms with Crippen LogP contribution in [0.15, 0.2) is 5.38 Å². The third-order valence-corrected chi connectivity index (χ3v) is 4.45. The fourth-order valence-corrected chi connectivity index (χ4v) is 3.02. The van der Waals surface area contributed by atoms with Crippen LogP contribution in [0.1, 0.15) is 38.4 Å². The highest BCUT2D eigenvalue weighted by atomic mass is 32.1. The molecule has 1 aliphatic rings. The zero-order valence-electron chi connectivity index (χ0n) is 12.6. The second-order valence-corrected chi connectivity index (χ2v) is 7.28. The number of hydrogen-bond acceptors (Lipinski definition) is 4. The molecular formula is C14H21N3O2S. The molecule has 1 saturated heterocycles. The zero-order valence-corrected chi connectivity index (χ0v) is 13.4. The largest absolute Gasteiger partial charge is 0.342 e. The lowest BCUT2D eigenvalue weighted by molar-refractivity contribution is -0.152. The van der Waals surface area contributed by atoms with Gasteiger partial charge < -0.3 is 10.2 Å². The smallest absolute Gasteiger partial charge is 0.246 e. The molecule has 0 saturated carbocycles. The van der Waals surface area contributed by atoms with Crippen LogP contribution >= 0.6 is 11.3 Å². The number of piperazine rings is 1. The molecule has 1 aromatic heterocycles. The van der Waals surface area contributed by atoms with Crippen LogP contribution in [-0.2, 0) is 16.1 Å². The third kappa shape index (κ3) is 2.85. The minimum Gasteiger partial charge on any atom is -0.342 e. The van der Waals surface area contributed by atoms with Gasteiger partial charge in [-0.15, -0.1) is 11.3 Å². The highest BCUT2D eigenvalue weighted by Crippen LogP contribution is 2.26. The molecule has 110 valence electrons. The van der Waals surface area contributed by atoms with Crippen LogP contribution in [0.25, 0.3) is 0 Å². The van der Waals surface area contributed by atoms with Gasteiger partial charge in [0.2, 0.25) is 11.8 Å². The predicted molar refractivity (Wildman–Crippen MR) is 78.2 cm³/mol. The lowest BCUT2D eigenvalue weighted by atomic mass is 9.84. The molecule has 1 N–H and O–H groups in total. The van der Waals surface area contributed by atoms with E-state index in [1.54, 1.807) is 11.8 Å². The standard InChI is InChI=1S/C14H21N3O2S/c1-8-7-20-10(15-8)6-17-9(2)12(18)16-11(13(17)19)14(3,4)5/h7,9,11H,6H2,1-5H3,(H,16,18). The van der Waals surface area contributed by atoms with Gasteiger partial charge in [0.25, 0.3) is 0 Å². The molecule has 2 heterocycles. The van der Waals surface area contributed by atoms with E-state index in [2.05, 4.69) is 10.3 Å². The maximum Gasteiger partial charge on any atom is 0.246 e. The van der Waals surface area contributed by atoms with Crippen LogP contribution in [0, 0.1) is 12.3 Å². The van der Waals surface area contributed by atoms with Gasteiger partial charge >= 0.3 is 0 Å². The predicted octanol–water partition coefficient (Wildman–Crippen LogP) is 1.71. The van der Waals surface area contributed by atoms with Gasteiger partial charge in [-0.3, -0.25) is 9.59 Å². The zero-order chi connectivity index (χ0) is 15.1. The maximum atomic E-state index is 12.6. The van der Waals surface area contributed by atoms with Crippen molar-refractivity contribution < 1.29 is 9.59 Å². The molecule has 5 nitrogen and oxygen atoms in total. The molecule has 0 radical (unpaired) electrons. The van der Waals surface area contributed by atoms with Crippen LogP contribution < -0.4 is 5.32 Å². The average Bonchev–Trinajstić information content (AvgIpc) is 2.73. The minimum absolute atomic E-state index is 0.0301. The van der Waals surface area contributed by atoms with E-state index in [0.717, 1.165) is 10.7 Å². The van der Waals surface area contributed by atoms with Crippen molar-refractivity contribution in [3.63, 3.8) is 0 Å². The van der Waals surface area contributed by atoms with Gasteiger partial charge in [0.1, 0.15) is 17.1 Å². The molecule has 1 aliphatic heterocycles. The number of hydrogen-bond donors (Lipinski definition) is 1. The Morgan fingerprint density at radius 1 is 1.40 bits per heavy atom. The van der Waals surface area contributed by atoms with Crippen molar-refractivity contribution in [1.82, 2.24) is 15.2 Å². The number of thiazole rings is 1.